The van der Waals surface area contributed by atoms with Gasteiger partial charge < -0.3 is 0 Å². The molecular weight excluding hydrogens is 158 g/mol. The van der Waals surface area contributed by atoms with Crippen molar-refractivity contribution in [1.29, 1.82) is 0 Å². The highest BCUT2D eigenvalue weighted by Crippen LogP contribution is 2.14. The molecule has 0 N–H and O–H groups in total. The zero-order valence-electron chi connectivity index (χ0n) is 6.11. The van der Waals surface area contributed by atoms with Crippen molar-refractivity contribution in [3.8, 4) is 0 Å². The van der Waals surface area contributed by atoms with Gasteiger partial charge in [0.15, 0.2) is 0 Å². The van der Waals surface area contributed by atoms with Gasteiger partial charge in [0.1, 0.15) is 5.52 Å². The molecule has 0 spiro atoms. The maximum absolute atomic E-state index is 4.23. The number of fused-ring (bicyclic) bond motifs is 1. The van der Waals surface area contributed by atoms with Crippen molar-refractivity contribution in [2.45, 2.75) is 13.3 Å². The topological polar surface area (TPSA) is 38.7 Å². The maximum atomic E-state index is 4.23. The zero-order valence-corrected chi connectivity index (χ0v) is 6.93. The number of hydrogen-bond acceptors (Lipinski definition) is 4. The van der Waals surface area contributed by atoms with Crippen LogP contribution in [-0.4, -0.2) is 14.6 Å². The molecule has 2 heterocycles. The Bertz CT molecular complexity index is 368. The number of pyridine rings is 1. The Balaban J connectivity index is 2.67. The summed E-state index contributed by atoms with van der Waals surface area (Å²) in [5, 5.41) is 3.96. The predicted molar refractivity (Wildman–Crippen MR) is 44.6 cm³/mol. The van der Waals surface area contributed by atoms with Crippen LogP contribution in [0.25, 0.3) is 10.2 Å². The van der Waals surface area contributed by atoms with Crippen LogP contribution < -0.4 is 0 Å². The van der Waals surface area contributed by atoms with Crippen LogP contribution in [0.5, 0.6) is 0 Å². The molecule has 0 aliphatic heterocycles. The van der Waals surface area contributed by atoms with Crippen LogP contribution >= 0.6 is 11.5 Å². The fourth-order valence-electron chi connectivity index (χ4n) is 0.924. The Hall–Kier alpha value is -1.03. The van der Waals surface area contributed by atoms with Gasteiger partial charge in [-0.1, -0.05) is 11.4 Å². The molecule has 2 aromatic rings. The van der Waals surface area contributed by atoms with E-state index in [1.807, 2.05) is 12.3 Å². The first kappa shape index (κ1) is 6.67. The largest absolute Gasteiger partial charge is 0.260 e. The molecule has 0 aliphatic rings. The molecule has 0 unspecified atom stereocenters. The molecule has 0 saturated carbocycles. The van der Waals surface area contributed by atoms with E-state index in [1.165, 1.54) is 11.5 Å². The van der Waals surface area contributed by atoms with Crippen LogP contribution in [0.4, 0.5) is 0 Å². The number of aryl methyl sites for hydroxylation is 1. The highest BCUT2D eigenvalue weighted by Gasteiger charge is 1.98. The Morgan fingerprint density at radius 1 is 1.55 bits per heavy atom. The first-order valence-corrected chi connectivity index (χ1v) is 4.24. The fraction of sp³-hybridized carbons (Fsp3) is 0.286. The average Bonchev–Trinajstić information content (AvgIpc) is 2.50. The third-order valence-electron chi connectivity index (χ3n) is 1.55. The summed E-state index contributed by atoms with van der Waals surface area (Å²) in [6.45, 7) is 2.08. The molecule has 0 radical (unpaired) electrons. The molecule has 3 nitrogen and oxygen atoms in total. The highest BCUT2D eigenvalue weighted by molar-refractivity contribution is 7.12. The second kappa shape index (κ2) is 2.54. The van der Waals surface area contributed by atoms with E-state index in [4.69, 9.17) is 0 Å². The molecular formula is C7H7N3S. The first-order valence-electron chi connectivity index (χ1n) is 3.47. The van der Waals surface area contributed by atoms with E-state index >= 15 is 0 Å². The first-order chi connectivity index (χ1) is 5.40. The molecule has 2 aromatic heterocycles. The van der Waals surface area contributed by atoms with E-state index < -0.39 is 0 Å². The van der Waals surface area contributed by atoms with Crippen LogP contribution in [0, 0.1) is 0 Å². The summed E-state index contributed by atoms with van der Waals surface area (Å²) in [7, 11) is 0. The average molecular weight is 165 g/mol. The molecule has 2 rings (SSSR count). The van der Waals surface area contributed by atoms with E-state index in [0.717, 1.165) is 22.3 Å². The Morgan fingerprint density at radius 2 is 2.45 bits per heavy atom. The summed E-state index contributed by atoms with van der Waals surface area (Å²) in [5.41, 5.74) is 2.03. The summed E-state index contributed by atoms with van der Waals surface area (Å²) in [4.78, 5) is 4.23. The monoisotopic (exact) mass is 165 g/mol. The molecule has 0 fully saturated rings. The summed E-state index contributed by atoms with van der Waals surface area (Å²) in [5.74, 6) is 0. The number of nitrogens with zero attached hydrogens (tertiary/aromatic N) is 3. The molecule has 0 bridgehead atoms. The summed E-state index contributed by atoms with van der Waals surface area (Å²) >= 11 is 1.38. The summed E-state index contributed by atoms with van der Waals surface area (Å²) in [6.07, 6.45) is 2.78. The maximum Gasteiger partial charge on any atom is 0.109 e. The number of rotatable bonds is 1. The van der Waals surface area contributed by atoms with Gasteiger partial charge in [-0.15, -0.1) is 5.10 Å². The summed E-state index contributed by atoms with van der Waals surface area (Å²) in [6, 6.07) is 1.98. The van der Waals surface area contributed by atoms with E-state index in [1.54, 1.807) is 0 Å². The Kier molecular flexibility index (Phi) is 1.54. The van der Waals surface area contributed by atoms with Gasteiger partial charge in [0.05, 0.1) is 4.70 Å². The van der Waals surface area contributed by atoms with Gasteiger partial charge in [0, 0.05) is 11.9 Å². The van der Waals surface area contributed by atoms with Gasteiger partial charge >= 0.3 is 0 Å². The van der Waals surface area contributed by atoms with Crippen molar-refractivity contribution in [3.63, 3.8) is 0 Å². The predicted octanol–water partition coefficient (Wildman–Crippen LogP) is 1.65. The highest BCUT2D eigenvalue weighted by atomic mass is 32.1. The van der Waals surface area contributed by atoms with Crippen molar-refractivity contribution in [1.82, 2.24) is 14.6 Å². The summed E-state index contributed by atoms with van der Waals surface area (Å²) < 4.78 is 4.89. The molecule has 11 heavy (non-hydrogen) atoms. The SMILES string of the molecule is CCc1cc2nnsc2cn1. The second-order valence-corrected chi connectivity index (χ2v) is 3.06. The normalized spacial score (nSPS) is 10.6. The third kappa shape index (κ3) is 1.09. The molecule has 0 aliphatic carbocycles. The standard InChI is InChI=1S/C7H7N3S/c1-2-5-3-6-7(4-8-5)11-10-9-6/h3-4H,2H2,1H3. The molecule has 0 amide bonds. The minimum atomic E-state index is 0.952. The van der Waals surface area contributed by atoms with E-state index in [0.29, 0.717) is 0 Å². The third-order valence-corrected chi connectivity index (χ3v) is 2.23. The lowest BCUT2D eigenvalue weighted by molar-refractivity contribution is 1.04. The van der Waals surface area contributed by atoms with Crippen molar-refractivity contribution in [3.05, 3.63) is 18.0 Å². The van der Waals surface area contributed by atoms with Crippen molar-refractivity contribution in [2.75, 3.05) is 0 Å². The lowest BCUT2D eigenvalue weighted by Gasteiger charge is -1.91. The molecule has 4 heteroatoms. The van der Waals surface area contributed by atoms with Crippen LogP contribution in [0.2, 0.25) is 0 Å². The van der Waals surface area contributed by atoms with Gasteiger partial charge in [-0.2, -0.15) is 0 Å². The number of hydrogen-bond donors (Lipinski definition) is 0. The fourth-order valence-corrected chi connectivity index (χ4v) is 1.43. The van der Waals surface area contributed by atoms with E-state index in [-0.39, 0.29) is 0 Å². The zero-order chi connectivity index (χ0) is 7.68. The quantitative estimate of drug-likeness (QED) is 0.645. The molecule has 0 aromatic carbocycles. The van der Waals surface area contributed by atoms with Crippen LogP contribution in [0.15, 0.2) is 12.3 Å². The van der Waals surface area contributed by atoms with Crippen LogP contribution in [0.1, 0.15) is 12.6 Å². The van der Waals surface area contributed by atoms with Gasteiger partial charge in [0.2, 0.25) is 0 Å². The van der Waals surface area contributed by atoms with Crippen molar-refractivity contribution in [2.24, 2.45) is 0 Å². The lowest BCUT2D eigenvalue weighted by Crippen LogP contribution is -1.84. The molecule has 56 valence electrons. The van der Waals surface area contributed by atoms with Crippen molar-refractivity contribution < 1.29 is 0 Å². The number of aromatic nitrogens is 3. The van der Waals surface area contributed by atoms with Gasteiger partial charge in [-0.05, 0) is 24.0 Å². The van der Waals surface area contributed by atoms with Gasteiger partial charge in [-0.3, -0.25) is 4.98 Å². The lowest BCUT2D eigenvalue weighted by atomic mass is 10.3. The minimum Gasteiger partial charge on any atom is -0.260 e. The molecule has 0 atom stereocenters. The van der Waals surface area contributed by atoms with Gasteiger partial charge in [-0.25, -0.2) is 0 Å². The minimum absolute atomic E-state index is 0.952. The second-order valence-electron chi connectivity index (χ2n) is 2.27. The smallest absolute Gasteiger partial charge is 0.109 e. The Labute approximate surface area is 68.3 Å². The van der Waals surface area contributed by atoms with Crippen molar-refractivity contribution >= 4 is 21.7 Å². The van der Waals surface area contributed by atoms with Crippen LogP contribution in [-0.2, 0) is 6.42 Å². The van der Waals surface area contributed by atoms with E-state index in [2.05, 4.69) is 21.5 Å². The van der Waals surface area contributed by atoms with Gasteiger partial charge in [0.25, 0.3) is 0 Å². The molecule has 0 saturated heterocycles. The Morgan fingerprint density at radius 3 is 3.27 bits per heavy atom. The van der Waals surface area contributed by atoms with E-state index in [9.17, 15) is 0 Å². The van der Waals surface area contributed by atoms with Crippen LogP contribution in [0.3, 0.4) is 0 Å².